The average Bonchev–Trinajstić information content (AvgIpc) is 3.03. The number of carbonyl (C=O) groups excluding carboxylic acids is 1. The highest BCUT2D eigenvalue weighted by Crippen LogP contribution is 2.18. The van der Waals surface area contributed by atoms with Crippen LogP contribution in [0.3, 0.4) is 0 Å². The minimum Gasteiger partial charge on any atom is -0.354 e. The predicted molar refractivity (Wildman–Crippen MR) is 111 cm³/mol. The number of rotatable bonds is 6. The number of hydrogen-bond acceptors (Lipinski definition) is 4. The van der Waals surface area contributed by atoms with E-state index in [2.05, 4.69) is 15.4 Å². The van der Waals surface area contributed by atoms with E-state index in [0.717, 1.165) is 21.9 Å². The zero-order chi connectivity index (χ0) is 20.2. The van der Waals surface area contributed by atoms with Crippen molar-refractivity contribution in [3.8, 4) is 11.4 Å². The number of aromatic nitrogens is 4. The predicted octanol–water partition coefficient (Wildman–Crippen LogP) is 2.16. The number of amides is 1. The first kappa shape index (κ1) is 18.6. The van der Waals surface area contributed by atoms with Crippen molar-refractivity contribution < 1.29 is 4.79 Å². The molecule has 0 aliphatic rings. The van der Waals surface area contributed by atoms with Crippen LogP contribution in [0.2, 0.25) is 0 Å². The van der Waals surface area contributed by atoms with Crippen LogP contribution in [-0.2, 0) is 24.8 Å². The molecule has 0 aliphatic heterocycles. The second-order valence-electron chi connectivity index (χ2n) is 6.80. The first-order chi connectivity index (χ1) is 14.1. The van der Waals surface area contributed by atoms with Gasteiger partial charge in [-0.05, 0) is 28.5 Å². The maximum atomic E-state index is 12.4. The van der Waals surface area contributed by atoms with Crippen LogP contribution in [0.4, 0.5) is 0 Å². The SMILES string of the molecule is Cn1c(-c2cccnc2)nn(CCNC(=O)Cc2cccc3ccccc23)c1=O. The number of fused-ring (bicyclic) bond motifs is 1. The summed E-state index contributed by atoms with van der Waals surface area (Å²) in [5.41, 5.74) is 1.52. The maximum Gasteiger partial charge on any atom is 0.345 e. The third-order valence-corrected chi connectivity index (χ3v) is 4.84. The van der Waals surface area contributed by atoms with E-state index in [1.54, 1.807) is 25.5 Å². The number of benzene rings is 2. The molecule has 0 saturated carbocycles. The number of nitrogens with one attached hydrogen (secondary N) is 1. The van der Waals surface area contributed by atoms with Gasteiger partial charge in [0.25, 0.3) is 0 Å². The molecule has 1 N–H and O–H groups in total. The first-order valence-electron chi connectivity index (χ1n) is 9.41. The van der Waals surface area contributed by atoms with E-state index >= 15 is 0 Å². The van der Waals surface area contributed by atoms with E-state index in [4.69, 9.17) is 0 Å². The minimum atomic E-state index is -0.229. The summed E-state index contributed by atoms with van der Waals surface area (Å²) in [6, 6.07) is 17.6. The van der Waals surface area contributed by atoms with E-state index in [-0.39, 0.29) is 11.6 Å². The molecule has 0 radical (unpaired) electrons. The van der Waals surface area contributed by atoms with Crippen LogP contribution >= 0.6 is 0 Å². The molecule has 29 heavy (non-hydrogen) atoms. The number of carbonyl (C=O) groups is 1. The summed E-state index contributed by atoms with van der Waals surface area (Å²) >= 11 is 0. The van der Waals surface area contributed by atoms with Gasteiger partial charge in [-0.2, -0.15) is 0 Å². The quantitative estimate of drug-likeness (QED) is 0.550. The van der Waals surface area contributed by atoms with Crippen molar-refractivity contribution in [1.29, 1.82) is 0 Å². The summed E-state index contributed by atoms with van der Waals surface area (Å²) in [6.07, 6.45) is 3.63. The molecule has 2 aromatic carbocycles. The standard InChI is InChI=1S/C22H21N5O2/c1-26-21(18-9-5-11-23-15-18)25-27(22(26)29)13-12-24-20(28)14-17-8-4-7-16-6-2-3-10-19(16)17/h2-11,15H,12-14H2,1H3,(H,24,28). The van der Waals surface area contributed by atoms with Crippen LogP contribution in [0.5, 0.6) is 0 Å². The Kier molecular flexibility index (Phi) is 5.20. The lowest BCUT2D eigenvalue weighted by Gasteiger charge is -2.08. The van der Waals surface area contributed by atoms with Crippen LogP contribution in [0.1, 0.15) is 5.56 Å². The summed E-state index contributed by atoms with van der Waals surface area (Å²) in [6.45, 7) is 0.626. The third-order valence-electron chi connectivity index (χ3n) is 4.84. The van der Waals surface area contributed by atoms with Crippen molar-refractivity contribution >= 4 is 16.7 Å². The van der Waals surface area contributed by atoms with Gasteiger partial charge in [0.15, 0.2) is 5.82 Å². The van der Waals surface area contributed by atoms with Crippen molar-refractivity contribution in [3.63, 3.8) is 0 Å². The van der Waals surface area contributed by atoms with Crippen LogP contribution in [-0.4, -0.2) is 31.8 Å². The fourth-order valence-electron chi connectivity index (χ4n) is 3.36. The molecule has 2 heterocycles. The maximum absolute atomic E-state index is 12.4. The van der Waals surface area contributed by atoms with Gasteiger partial charge in [0.1, 0.15) is 0 Å². The molecule has 0 unspecified atom stereocenters. The zero-order valence-corrected chi connectivity index (χ0v) is 16.1. The molecule has 0 aliphatic carbocycles. The summed E-state index contributed by atoms with van der Waals surface area (Å²) in [5.74, 6) is 0.461. The highest BCUT2D eigenvalue weighted by Gasteiger charge is 2.12. The highest BCUT2D eigenvalue weighted by atomic mass is 16.2. The average molecular weight is 387 g/mol. The van der Waals surface area contributed by atoms with Gasteiger partial charge in [0, 0.05) is 31.5 Å². The number of nitrogens with zero attached hydrogens (tertiary/aromatic N) is 4. The van der Waals surface area contributed by atoms with Gasteiger partial charge in [-0.1, -0.05) is 42.5 Å². The smallest absolute Gasteiger partial charge is 0.345 e. The van der Waals surface area contributed by atoms with Gasteiger partial charge < -0.3 is 5.32 Å². The zero-order valence-electron chi connectivity index (χ0n) is 16.1. The highest BCUT2D eigenvalue weighted by molar-refractivity contribution is 5.90. The van der Waals surface area contributed by atoms with Crippen LogP contribution in [0, 0.1) is 0 Å². The second kappa shape index (κ2) is 8.10. The summed E-state index contributed by atoms with van der Waals surface area (Å²) < 4.78 is 2.84. The van der Waals surface area contributed by atoms with Gasteiger partial charge in [-0.15, -0.1) is 5.10 Å². The van der Waals surface area contributed by atoms with E-state index in [1.165, 1.54) is 9.25 Å². The lowest BCUT2D eigenvalue weighted by Crippen LogP contribution is -2.32. The van der Waals surface area contributed by atoms with Crippen molar-refractivity contribution in [3.05, 3.63) is 83.0 Å². The lowest BCUT2D eigenvalue weighted by atomic mass is 10.0. The largest absolute Gasteiger partial charge is 0.354 e. The molecule has 0 spiro atoms. The molecular formula is C22H21N5O2. The van der Waals surface area contributed by atoms with Crippen molar-refractivity contribution in [2.24, 2.45) is 7.05 Å². The van der Waals surface area contributed by atoms with Crippen LogP contribution in [0.15, 0.2) is 71.8 Å². The Morgan fingerprint density at radius 1 is 1.07 bits per heavy atom. The molecule has 0 bridgehead atoms. The summed E-state index contributed by atoms with van der Waals surface area (Å²) in [7, 11) is 1.67. The summed E-state index contributed by atoms with van der Waals surface area (Å²) in [4.78, 5) is 28.9. The van der Waals surface area contributed by atoms with Gasteiger partial charge in [-0.25, -0.2) is 9.48 Å². The van der Waals surface area contributed by atoms with Gasteiger partial charge in [0.05, 0.1) is 13.0 Å². The fourth-order valence-corrected chi connectivity index (χ4v) is 3.36. The number of hydrogen-bond donors (Lipinski definition) is 1. The summed E-state index contributed by atoms with van der Waals surface area (Å²) in [5, 5.41) is 9.44. The Hall–Kier alpha value is -3.74. The van der Waals surface area contributed by atoms with E-state index in [0.29, 0.717) is 25.3 Å². The molecule has 7 heteroatoms. The van der Waals surface area contributed by atoms with Crippen molar-refractivity contribution in [2.45, 2.75) is 13.0 Å². The van der Waals surface area contributed by atoms with Crippen molar-refractivity contribution in [1.82, 2.24) is 24.6 Å². The molecular weight excluding hydrogens is 366 g/mol. The monoisotopic (exact) mass is 387 g/mol. The molecule has 4 rings (SSSR count). The topological polar surface area (TPSA) is 81.8 Å². The molecule has 1 amide bonds. The molecule has 2 aromatic heterocycles. The molecule has 0 saturated heterocycles. The second-order valence-corrected chi connectivity index (χ2v) is 6.80. The fraction of sp³-hybridized carbons (Fsp3) is 0.182. The Labute approximate surface area is 167 Å². The molecule has 7 nitrogen and oxygen atoms in total. The Balaban J connectivity index is 1.40. The van der Waals surface area contributed by atoms with Gasteiger partial charge >= 0.3 is 5.69 Å². The molecule has 146 valence electrons. The normalized spacial score (nSPS) is 10.9. The van der Waals surface area contributed by atoms with Crippen LogP contribution in [0.25, 0.3) is 22.2 Å². The van der Waals surface area contributed by atoms with Crippen LogP contribution < -0.4 is 11.0 Å². The van der Waals surface area contributed by atoms with Gasteiger partial charge in [-0.3, -0.25) is 14.3 Å². The first-order valence-corrected chi connectivity index (χ1v) is 9.41. The Morgan fingerprint density at radius 3 is 2.72 bits per heavy atom. The van der Waals surface area contributed by atoms with E-state index in [9.17, 15) is 9.59 Å². The Bertz CT molecular complexity index is 1210. The molecule has 4 aromatic rings. The third kappa shape index (κ3) is 3.94. The minimum absolute atomic E-state index is 0.0854. The molecule has 0 fully saturated rings. The van der Waals surface area contributed by atoms with Crippen molar-refractivity contribution in [2.75, 3.05) is 6.54 Å². The van der Waals surface area contributed by atoms with E-state index in [1.807, 2.05) is 48.5 Å². The Morgan fingerprint density at radius 2 is 1.90 bits per heavy atom. The number of pyridine rings is 1. The van der Waals surface area contributed by atoms with E-state index < -0.39 is 0 Å². The lowest BCUT2D eigenvalue weighted by molar-refractivity contribution is -0.120. The van der Waals surface area contributed by atoms with Gasteiger partial charge in [0.2, 0.25) is 5.91 Å². The molecule has 0 atom stereocenters.